The molecule has 21 heavy (non-hydrogen) atoms. The summed E-state index contributed by atoms with van der Waals surface area (Å²) in [7, 11) is 0. The number of carbonyl (C=O) groups is 2. The Hall–Kier alpha value is -2.14. The van der Waals surface area contributed by atoms with Crippen LogP contribution >= 0.6 is 11.3 Å². The Balaban J connectivity index is 1.75. The summed E-state index contributed by atoms with van der Waals surface area (Å²) >= 11 is 1.44. The molecular formula is C16H16N2O2S. The number of nitrogens with zero attached hydrogens (tertiary/aromatic N) is 1. The Morgan fingerprint density at radius 3 is 2.62 bits per heavy atom. The third kappa shape index (κ3) is 2.83. The van der Waals surface area contributed by atoms with E-state index >= 15 is 0 Å². The van der Waals surface area contributed by atoms with E-state index in [-0.39, 0.29) is 17.7 Å². The molecule has 1 fully saturated rings. The minimum absolute atomic E-state index is 0.00840. The molecule has 0 bridgehead atoms. The number of thiophene rings is 1. The minimum atomic E-state index is -0.318. The summed E-state index contributed by atoms with van der Waals surface area (Å²) in [6, 6.07) is 11.9. The van der Waals surface area contributed by atoms with E-state index in [2.05, 4.69) is 0 Å². The second-order valence-electron chi connectivity index (χ2n) is 5.20. The average Bonchev–Trinajstić information content (AvgIpc) is 3.17. The van der Waals surface area contributed by atoms with Crippen molar-refractivity contribution in [3.63, 3.8) is 0 Å². The SMILES string of the molecule is NC(=O)C1CCN(C(=O)c2cc(-c3ccccc3)cs2)C1. The van der Waals surface area contributed by atoms with Crippen LogP contribution in [-0.2, 0) is 4.79 Å². The van der Waals surface area contributed by atoms with E-state index in [0.29, 0.717) is 24.4 Å². The van der Waals surface area contributed by atoms with Crippen molar-refractivity contribution in [2.75, 3.05) is 13.1 Å². The van der Waals surface area contributed by atoms with Crippen LogP contribution in [0.1, 0.15) is 16.1 Å². The molecule has 108 valence electrons. The van der Waals surface area contributed by atoms with Crippen LogP contribution in [0.2, 0.25) is 0 Å². The second kappa shape index (κ2) is 5.69. The fourth-order valence-corrected chi connectivity index (χ4v) is 3.45. The third-order valence-electron chi connectivity index (χ3n) is 3.80. The van der Waals surface area contributed by atoms with E-state index in [9.17, 15) is 9.59 Å². The summed E-state index contributed by atoms with van der Waals surface area (Å²) < 4.78 is 0. The Labute approximate surface area is 127 Å². The molecule has 3 rings (SSSR count). The summed E-state index contributed by atoms with van der Waals surface area (Å²) in [5, 5.41) is 1.99. The smallest absolute Gasteiger partial charge is 0.263 e. The first kappa shape index (κ1) is 13.8. The number of benzene rings is 1. The number of rotatable bonds is 3. The number of carbonyl (C=O) groups excluding carboxylic acids is 2. The molecular weight excluding hydrogens is 284 g/mol. The lowest BCUT2D eigenvalue weighted by Crippen LogP contribution is -2.31. The summed E-state index contributed by atoms with van der Waals surface area (Å²) in [6.45, 7) is 1.04. The predicted octanol–water partition coefficient (Wildman–Crippen LogP) is 2.36. The van der Waals surface area contributed by atoms with Crippen molar-refractivity contribution >= 4 is 23.2 Å². The van der Waals surface area contributed by atoms with Gasteiger partial charge in [0.05, 0.1) is 10.8 Å². The highest BCUT2D eigenvalue weighted by atomic mass is 32.1. The Morgan fingerprint density at radius 1 is 1.19 bits per heavy atom. The highest BCUT2D eigenvalue weighted by Gasteiger charge is 2.30. The first-order valence-electron chi connectivity index (χ1n) is 6.87. The zero-order valence-electron chi connectivity index (χ0n) is 11.5. The molecule has 1 atom stereocenters. The molecule has 1 aromatic heterocycles. The summed E-state index contributed by atoms with van der Waals surface area (Å²) in [5.41, 5.74) is 7.46. The molecule has 1 saturated heterocycles. The number of nitrogens with two attached hydrogens (primary N) is 1. The molecule has 0 radical (unpaired) electrons. The molecule has 1 aromatic carbocycles. The summed E-state index contributed by atoms with van der Waals surface area (Å²) in [6.07, 6.45) is 0.665. The van der Waals surface area contributed by atoms with Crippen molar-refractivity contribution in [3.8, 4) is 11.1 Å². The molecule has 2 aromatic rings. The maximum atomic E-state index is 12.4. The van der Waals surface area contributed by atoms with Gasteiger partial charge in [-0.1, -0.05) is 30.3 Å². The van der Waals surface area contributed by atoms with Crippen LogP contribution < -0.4 is 5.73 Å². The largest absolute Gasteiger partial charge is 0.369 e. The fourth-order valence-electron chi connectivity index (χ4n) is 2.56. The number of hydrogen-bond acceptors (Lipinski definition) is 3. The van der Waals surface area contributed by atoms with Crippen molar-refractivity contribution in [2.24, 2.45) is 11.7 Å². The van der Waals surface area contributed by atoms with Gasteiger partial charge in [-0.3, -0.25) is 9.59 Å². The van der Waals surface area contributed by atoms with Gasteiger partial charge in [0, 0.05) is 13.1 Å². The van der Waals surface area contributed by atoms with Gasteiger partial charge in [0.25, 0.3) is 5.91 Å². The molecule has 5 heteroatoms. The molecule has 4 nitrogen and oxygen atoms in total. The number of amides is 2. The Morgan fingerprint density at radius 2 is 1.95 bits per heavy atom. The van der Waals surface area contributed by atoms with Crippen molar-refractivity contribution in [1.29, 1.82) is 0 Å². The molecule has 2 heterocycles. The van der Waals surface area contributed by atoms with Gasteiger partial charge in [0.2, 0.25) is 5.91 Å². The van der Waals surface area contributed by atoms with Crippen molar-refractivity contribution in [1.82, 2.24) is 4.90 Å². The quantitative estimate of drug-likeness (QED) is 0.945. The third-order valence-corrected chi connectivity index (χ3v) is 4.71. The summed E-state index contributed by atoms with van der Waals surface area (Å²) in [4.78, 5) is 26.1. The maximum absolute atomic E-state index is 12.4. The van der Waals surface area contributed by atoms with E-state index in [1.165, 1.54) is 11.3 Å². The topological polar surface area (TPSA) is 63.4 Å². The monoisotopic (exact) mass is 300 g/mol. The van der Waals surface area contributed by atoms with Gasteiger partial charge in [-0.2, -0.15) is 0 Å². The zero-order chi connectivity index (χ0) is 14.8. The zero-order valence-corrected chi connectivity index (χ0v) is 12.3. The van der Waals surface area contributed by atoms with Crippen LogP contribution in [-0.4, -0.2) is 29.8 Å². The molecule has 0 aliphatic carbocycles. The molecule has 1 aliphatic heterocycles. The van der Waals surface area contributed by atoms with Gasteiger partial charge in [-0.05, 0) is 29.0 Å². The lowest BCUT2D eigenvalue weighted by Gasteiger charge is -2.14. The lowest BCUT2D eigenvalue weighted by molar-refractivity contribution is -0.121. The first-order chi connectivity index (χ1) is 10.1. The van der Waals surface area contributed by atoms with Crippen molar-refractivity contribution in [3.05, 3.63) is 46.7 Å². The van der Waals surface area contributed by atoms with Gasteiger partial charge in [0.15, 0.2) is 0 Å². The van der Waals surface area contributed by atoms with Crippen LogP contribution in [0.5, 0.6) is 0 Å². The van der Waals surface area contributed by atoms with Crippen LogP contribution in [0.3, 0.4) is 0 Å². The fraction of sp³-hybridized carbons (Fsp3) is 0.250. The first-order valence-corrected chi connectivity index (χ1v) is 7.75. The van der Waals surface area contributed by atoms with Gasteiger partial charge in [0.1, 0.15) is 0 Å². The number of likely N-dealkylation sites (tertiary alicyclic amines) is 1. The van der Waals surface area contributed by atoms with Gasteiger partial charge in [-0.25, -0.2) is 0 Å². The number of hydrogen-bond donors (Lipinski definition) is 1. The van der Waals surface area contributed by atoms with E-state index in [0.717, 1.165) is 11.1 Å². The molecule has 1 unspecified atom stereocenters. The highest BCUT2D eigenvalue weighted by molar-refractivity contribution is 7.12. The minimum Gasteiger partial charge on any atom is -0.369 e. The number of primary amides is 1. The Bertz CT molecular complexity index is 666. The molecule has 2 N–H and O–H groups in total. The maximum Gasteiger partial charge on any atom is 0.263 e. The highest BCUT2D eigenvalue weighted by Crippen LogP contribution is 2.27. The normalized spacial score (nSPS) is 17.9. The van der Waals surface area contributed by atoms with Crippen LogP contribution in [0.4, 0.5) is 0 Å². The van der Waals surface area contributed by atoms with Gasteiger partial charge < -0.3 is 10.6 Å². The Kier molecular flexibility index (Phi) is 3.75. The van der Waals surface area contributed by atoms with Crippen LogP contribution in [0.25, 0.3) is 11.1 Å². The van der Waals surface area contributed by atoms with E-state index < -0.39 is 0 Å². The van der Waals surface area contributed by atoms with E-state index in [1.54, 1.807) is 4.90 Å². The molecule has 2 amide bonds. The predicted molar refractivity (Wildman–Crippen MR) is 83.0 cm³/mol. The van der Waals surface area contributed by atoms with Gasteiger partial charge >= 0.3 is 0 Å². The molecule has 0 saturated carbocycles. The standard InChI is InChI=1S/C16H16N2O2S/c17-15(19)12-6-7-18(9-12)16(20)14-8-13(10-21-14)11-4-2-1-3-5-11/h1-5,8,10,12H,6-7,9H2,(H2,17,19). The van der Waals surface area contributed by atoms with Crippen molar-refractivity contribution in [2.45, 2.75) is 6.42 Å². The lowest BCUT2D eigenvalue weighted by atomic mass is 10.1. The van der Waals surface area contributed by atoms with E-state index in [4.69, 9.17) is 5.73 Å². The van der Waals surface area contributed by atoms with Crippen LogP contribution in [0.15, 0.2) is 41.8 Å². The second-order valence-corrected chi connectivity index (χ2v) is 6.12. The average molecular weight is 300 g/mol. The van der Waals surface area contributed by atoms with E-state index in [1.807, 2.05) is 41.8 Å². The summed E-state index contributed by atoms with van der Waals surface area (Å²) in [5.74, 6) is -0.533. The van der Waals surface area contributed by atoms with Gasteiger partial charge in [-0.15, -0.1) is 11.3 Å². The molecule has 0 spiro atoms. The van der Waals surface area contributed by atoms with Crippen LogP contribution in [0, 0.1) is 5.92 Å². The molecule has 1 aliphatic rings. The van der Waals surface area contributed by atoms with Crippen molar-refractivity contribution < 1.29 is 9.59 Å².